The molecule has 0 saturated carbocycles. The number of aliphatic hydroxyl groups is 1. The van der Waals surface area contributed by atoms with Crippen LogP contribution in [0.5, 0.6) is 5.75 Å². The number of fused-ring (bicyclic) bond motifs is 3. The molecule has 3 aromatic rings. The molecule has 1 fully saturated rings. The standard InChI is InChI=1S/C31H33F5N4O5/c1-17-11-20-19-5-2-3-6-22(19)38-28(20)29(40(17)15-31(35,36)16-41)26-21(33)12-23(37-18-13-39(14-18)10-4-9-32)30(27(26)34)45-25(44)8-7-24(42)43/h2-3,5-8,12,17-18,29,37-38,41H,4,9-11,13-16H2,1H3,(H,42,43)/p+1/b8-7+/t17-,29-/m1/s1. The number of ether oxygens (including phenoxy) is 1. The van der Waals surface area contributed by atoms with Crippen molar-refractivity contribution in [3.63, 3.8) is 0 Å². The van der Waals surface area contributed by atoms with Crippen molar-refractivity contribution in [3.8, 4) is 5.75 Å². The molecule has 2 aliphatic heterocycles. The van der Waals surface area contributed by atoms with Gasteiger partial charge >= 0.3 is 17.7 Å². The van der Waals surface area contributed by atoms with Gasteiger partial charge in [0.15, 0.2) is 0 Å². The summed E-state index contributed by atoms with van der Waals surface area (Å²) in [5.74, 6) is -9.10. The molecule has 0 radical (unpaired) electrons. The van der Waals surface area contributed by atoms with E-state index in [1.807, 2.05) is 11.0 Å². The summed E-state index contributed by atoms with van der Waals surface area (Å²) in [6.07, 6.45) is 1.83. The molecule has 14 heteroatoms. The number of hydrogen-bond donors (Lipinski definition) is 4. The maximum Gasteiger partial charge on any atom is 0.516 e. The number of aromatic amines is 1. The normalized spacial score (nSPS) is 19.5. The van der Waals surface area contributed by atoms with E-state index >= 15 is 8.78 Å². The van der Waals surface area contributed by atoms with Crippen LogP contribution in [0.15, 0.2) is 42.5 Å². The number of carboxylic acid groups (broad SMARTS) is 1. The fourth-order valence-corrected chi connectivity index (χ4v) is 6.08. The van der Waals surface area contributed by atoms with Gasteiger partial charge in [0.2, 0.25) is 5.82 Å². The van der Waals surface area contributed by atoms with Crippen molar-refractivity contribution in [2.45, 2.75) is 43.8 Å². The van der Waals surface area contributed by atoms with Crippen LogP contribution >= 0.6 is 0 Å². The predicted molar refractivity (Wildman–Crippen MR) is 157 cm³/mol. The molecule has 0 amide bonds. The number of nitrogens with zero attached hydrogens (tertiary/aromatic N) is 2. The molecular weight excluding hydrogens is 603 g/mol. The molecule has 9 nitrogen and oxygen atoms in total. The van der Waals surface area contributed by atoms with Crippen molar-refractivity contribution in [1.29, 1.82) is 0 Å². The average molecular weight is 638 g/mol. The summed E-state index contributed by atoms with van der Waals surface area (Å²) >= 11 is 0. The monoisotopic (exact) mass is 637 g/mol. The van der Waals surface area contributed by atoms with Crippen molar-refractivity contribution >= 4 is 28.5 Å². The van der Waals surface area contributed by atoms with Gasteiger partial charge in [-0.2, -0.15) is 4.39 Å². The van der Waals surface area contributed by atoms with Gasteiger partial charge in [0.25, 0.3) is 5.92 Å². The van der Waals surface area contributed by atoms with Crippen molar-refractivity contribution in [2.75, 3.05) is 44.8 Å². The highest BCUT2D eigenvalue weighted by molar-refractivity contribution is 5.93. The second-order valence-corrected chi connectivity index (χ2v) is 11.4. The number of nitrogens with one attached hydrogen (secondary N) is 2. The molecular formula is C31H34F5N4O5+. The number of carbonyl (C=O) groups excluding carboxylic acids is 1. The van der Waals surface area contributed by atoms with Crippen LogP contribution in [0.25, 0.3) is 10.9 Å². The summed E-state index contributed by atoms with van der Waals surface area (Å²) in [7, 11) is 0. The first-order chi connectivity index (χ1) is 21.4. The Morgan fingerprint density at radius 3 is 2.67 bits per heavy atom. The first kappa shape index (κ1) is 32.4. The number of halogens is 5. The highest BCUT2D eigenvalue weighted by atomic mass is 19.3. The lowest BCUT2D eigenvalue weighted by Gasteiger charge is -2.42. The van der Waals surface area contributed by atoms with E-state index in [1.165, 1.54) is 4.90 Å². The molecule has 1 saturated heterocycles. The van der Waals surface area contributed by atoms with E-state index < -0.39 is 72.7 Å². The number of benzene rings is 2. The highest BCUT2D eigenvalue weighted by Crippen LogP contribution is 2.46. The number of alkyl halides is 3. The molecule has 2 atom stereocenters. The predicted octanol–water partition coefficient (Wildman–Crippen LogP) is 4.39. The molecule has 2 aliphatic rings. The molecule has 242 valence electrons. The van der Waals surface area contributed by atoms with Crippen LogP contribution in [0.1, 0.15) is 36.2 Å². The quantitative estimate of drug-likeness (QED) is 0.0765. The largest absolute Gasteiger partial charge is 0.516 e. The van der Waals surface area contributed by atoms with E-state index in [0.29, 0.717) is 49.3 Å². The third-order valence-electron chi connectivity index (χ3n) is 8.14. The number of carbonyl (C=O) groups is 1. The van der Waals surface area contributed by atoms with Gasteiger partial charge in [0, 0.05) is 54.4 Å². The third kappa shape index (κ3) is 6.82. The Balaban J connectivity index is 1.63. The minimum Gasteiger partial charge on any atom is -0.478 e. The number of aliphatic hydroxyl groups excluding tert-OH is 1. The van der Waals surface area contributed by atoms with Gasteiger partial charge in [0.1, 0.15) is 18.1 Å². The van der Waals surface area contributed by atoms with Crippen LogP contribution in [0, 0.1) is 11.6 Å². The van der Waals surface area contributed by atoms with E-state index in [2.05, 4.69) is 10.3 Å². The van der Waals surface area contributed by atoms with Crippen molar-refractivity contribution in [1.82, 2.24) is 14.8 Å². The van der Waals surface area contributed by atoms with Gasteiger partial charge in [-0.3, -0.25) is 18.9 Å². The Bertz CT molecular complexity index is 1610. The number of carboxylic acids is 1. The van der Waals surface area contributed by atoms with E-state index in [-0.39, 0.29) is 23.8 Å². The number of hydrogen-bond acceptors (Lipinski definition) is 6. The lowest BCUT2D eigenvalue weighted by Crippen LogP contribution is -2.54. The summed E-state index contributed by atoms with van der Waals surface area (Å²) in [6, 6.07) is 5.67. The number of para-hydroxylation sites is 1. The van der Waals surface area contributed by atoms with Gasteiger partial charge < -0.3 is 25.3 Å². The minimum absolute atomic E-state index is 0.202. The third-order valence-corrected chi connectivity index (χ3v) is 8.14. The Kier molecular flexibility index (Phi) is 9.46. The van der Waals surface area contributed by atoms with E-state index in [4.69, 9.17) is 9.84 Å². The van der Waals surface area contributed by atoms with Crippen molar-refractivity contribution in [2.24, 2.45) is 0 Å². The van der Waals surface area contributed by atoms with Crippen LogP contribution in [-0.2, 0) is 11.2 Å². The SMILES string of the molecule is C[C@@H]1Cc2c([nH]c3ccccc23)[C@@H](c2c(F)cc(NC3CN(CCCF)C3)c(OC(=[OH+])/C=C/C(=O)O)c2F)N1CC(F)(F)CO. The highest BCUT2D eigenvalue weighted by Gasteiger charge is 2.45. The zero-order valence-electron chi connectivity index (χ0n) is 24.4. The maximum absolute atomic E-state index is 16.7. The molecule has 0 aliphatic carbocycles. The second kappa shape index (κ2) is 13.2. The Labute approximate surface area is 255 Å². The lowest BCUT2D eigenvalue weighted by atomic mass is 9.87. The summed E-state index contributed by atoms with van der Waals surface area (Å²) in [6.45, 7) is 0.0266. The summed E-state index contributed by atoms with van der Waals surface area (Å²) in [5, 5.41) is 22.0. The van der Waals surface area contributed by atoms with Crippen molar-refractivity contribution in [3.05, 3.63) is 70.9 Å². The zero-order valence-corrected chi connectivity index (χ0v) is 24.4. The van der Waals surface area contributed by atoms with Gasteiger partial charge in [-0.05, 0) is 31.4 Å². The topological polar surface area (TPSA) is 122 Å². The number of rotatable bonds is 12. The van der Waals surface area contributed by atoms with Crippen molar-refractivity contribution < 1.29 is 46.5 Å². The molecule has 45 heavy (non-hydrogen) atoms. The van der Waals surface area contributed by atoms with Gasteiger partial charge in [-0.1, -0.05) is 18.2 Å². The Morgan fingerprint density at radius 2 is 1.98 bits per heavy atom. The van der Waals surface area contributed by atoms with E-state index in [9.17, 15) is 27.9 Å². The number of anilines is 1. The first-order valence-corrected chi connectivity index (χ1v) is 14.5. The average Bonchev–Trinajstić information content (AvgIpc) is 3.34. The van der Waals surface area contributed by atoms with E-state index in [1.54, 1.807) is 25.1 Å². The van der Waals surface area contributed by atoms with Crippen LogP contribution in [0.2, 0.25) is 0 Å². The van der Waals surface area contributed by atoms with Gasteiger partial charge in [0.05, 0.1) is 36.9 Å². The smallest absolute Gasteiger partial charge is 0.478 e. The fraction of sp³-hybridized carbons (Fsp3) is 0.419. The van der Waals surface area contributed by atoms with Crippen LogP contribution in [0.4, 0.5) is 27.6 Å². The number of aromatic nitrogens is 1. The summed E-state index contributed by atoms with van der Waals surface area (Å²) in [4.78, 5) is 27.6. The number of likely N-dealkylation sites (tertiary alicyclic amines) is 1. The van der Waals surface area contributed by atoms with Gasteiger partial charge in [-0.25, -0.2) is 18.0 Å². The van der Waals surface area contributed by atoms with Gasteiger partial charge in [-0.15, -0.1) is 0 Å². The Morgan fingerprint density at radius 1 is 1.24 bits per heavy atom. The second-order valence-electron chi connectivity index (χ2n) is 11.4. The van der Waals surface area contributed by atoms with E-state index in [0.717, 1.165) is 11.5 Å². The number of H-pyrrole nitrogens is 1. The van der Waals surface area contributed by atoms with Crippen LogP contribution < -0.4 is 10.1 Å². The lowest BCUT2D eigenvalue weighted by molar-refractivity contribution is -0.131. The molecule has 5 rings (SSSR count). The molecule has 5 N–H and O–H groups in total. The number of aliphatic carboxylic acids is 1. The fourth-order valence-electron chi connectivity index (χ4n) is 6.08. The molecule has 0 bridgehead atoms. The molecule has 2 aromatic carbocycles. The molecule has 1 aromatic heterocycles. The minimum atomic E-state index is -3.60. The first-order valence-electron chi connectivity index (χ1n) is 14.5. The summed E-state index contributed by atoms with van der Waals surface area (Å²) in [5.41, 5.74) is 0.771. The Hall–Kier alpha value is -4.01. The van der Waals surface area contributed by atoms with Crippen LogP contribution in [-0.4, -0.2) is 99.2 Å². The molecule has 3 heterocycles. The van der Waals surface area contributed by atoms with Crippen LogP contribution in [0.3, 0.4) is 0 Å². The summed E-state index contributed by atoms with van der Waals surface area (Å²) < 4.78 is 80.3. The zero-order chi connectivity index (χ0) is 32.5. The molecule has 0 spiro atoms. The maximum atomic E-state index is 16.7. The number of esters is 1. The molecule has 0 unspecified atom stereocenters.